The largest absolute Gasteiger partial charge is 0.492 e. The summed E-state index contributed by atoms with van der Waals surface area (Å²) < 4.78 is 30.9. The van der Waals surface area contributed by atoms with Gasteiger partial charge in [-0.05, 0) is 47.2 Å². The predicted octanol–water partition coefficient (Wildman–Crippen LogP) is 3.73. The number of ether oxygens (including phenoxy) is 1. The molecule has 3 rings (SSSR count). The van der Waals surface area contributed by atoms with Crippen molar-refractivity contribution in [1.29, 1.82) is 0 Å². The Morgan fingerprint density at radius 1 is 1.08 bits per heavy atom. The predicted molar refractivity (Wildman–Crippen MR) is 147 cm³/mol. The Morgan fingerprint density at radius 2 is 1.77 bits per heavy atom. The Kier molecular flexibility index (Phi) is 10.0. The van der Waals surface area contributed by atoms with E-state index in [0.29, 0.717) is 18.6 Å². The molecule has 0 bridgehead atoms. The molecule has 0 saturated heterocycles. The van der Waals surface area contributed by atoms with E-state index in [-0.39, 0.29) is 30.3 Å². The summed E-state index contributed by atoms with van der Waals surface area (Å²) in [6.07, 6.45) is 2.34. The number of benzene rings is 2. The van der Waals surface area contributed by atoms with Crippen LogP contribution >= 0.6 is 0 Å². The maximum absolute atomic E-state index is 12.5. The standard InChI is InChI=1S/C28H33N3O7S/c1-19(2)18-38-26-15-22(10-11-24(26)27(33)30-39(3,36)37)21-8-6-20(7-9-21)12-14-31(28(34)35)17-25(32)23-5-4-13-29-16-23/h4-11,13,15-16,19,25,32H,12,14,17-18H2,1-3H3,(H,30,33)(H,34,35)/t25-/m1/s1. The number of amides is 2. The number of sulfonamides is 1. The van der Waals surface area contributed by atoms with E-state index in [1.165, 1.54) is 17.2 Å². The van der Waals surface area contributed by atoms with E-state index in [9.17, 15) is 28.2 Å². The lowest BCUT2D eigenvalue weighted by Gasteiger charge is -2.22. The van der Waals surface area contributed by atoms with Crippen molar-refractivity contribution in [3.63, 3.8) is 0 Å². The highest BCUT2D eigenvalue weighted by Gasteiger charge is 2.19. The third kappa shape index (κ3) is 9.08. The number of aromatic nitrogens is 1. The minimum absolute atomic E-state index is 0.0719. The lowest BCUT2D eigenvalue weighted by atomic mass is 10.0. The van der Waals surface area contributed by atoms with Gasteiger partial charge in [-0.15, -0.1) is 0 Å². The lowest BCUT2D eigenvalue weighted by molar-refractivity contribution is 0.0969. The van der Waals surface area contributed by atoms with E-state index in [1.54, 1.807) is 30.5 Å². The summed E-state index contributed by atoms with van der Waals surface area (Å²) in [6, 6.07) is 15.8. The van der Waals surface area contributed by atoms with Crippen molar-refractivity contribution in [3.05, 3.63) is 83.7 Å². The quantitative estimate of drug-likeness (QED) is 0.306. The summed E-state index contributed by atoms with van der Waals surface area (Å²) in [5.41, 5.74) is 3.17. The summed E-state index contributed by atoms with van der Waals surface area (Å²) >= 11 is 0. The van der Waals surface area contributed by atoms with Crippen LogP contribution in [0.1, 0.15) is 41.4 Å². The zero-order valence-electron chi connectivity index (χ0n) is 22.1. The second-order valence-electron chi connectivity index (χ2n) is 9.60. The molecule has 10 nitrogen and oxygen atoms in total. The average molecular weight is 556 g/mol. The van der Waals surface area contributed by atoms with Gasteiger partial charge >= 0.3 is 6.09 Å². The molecule has 1 aromatic heterocycles. The molecule has 0 radical (unpaired) electrons. The summed E-state index contributed by atoms with van der Waals surface area (Å²) in [7, 11) is -3.74. The number of aliphatic hydroxyl groups excluding tert-OH is 1. The van der Waals surface area contributed by atoms with Gasteiger partial charge in [0.1, 0.15) is 5.75 Å². The van der Waals surface area contributed by atoms with Gasteiger partial charge < -0.3 is 19.8 Å². The molecule has 2 aromatic carbocycles. The molecule has 0 fully saturated rings. The fraction of sp³-hybridized carbons (Fsp3) is 0.321. The maximum atomic E-state index is 12.5. The molecule has 0 aliphatic heterocycles. The van der Waals surface area contributed by atoms with Crippen molar-refractivity contribution in [2.24, 2.45) is 5.92 Å². The molecule has 0 aliphatic carbocycles. The molecule has 0 aliphatic rings. The molecule has 0 unspecified atom stereocenters. The number of aliphatic hydroxyl groups is 1. The topological polar surface area (TPSA) is 146 Å². The fourth-order valence-corrected chi connectivity index (χ4v) is 4.22. The molecule has 11 heteroatoms. The first-order valence-electron chi connectivity index (χ1n) is 12.4. The number of hydrogen-bond acceptors (Lipinski definition) is 7. The maximum Gasteiger partial charge on any atom is 0.407 e. The Bertz CT molecular complexity index is 1380. The molecule has 39 heavy (non-hydrogen) atoms. The van der Waals surface area contributed by atoms with E-state index in [4.69, 9.17) is 4.74 Å². The van der Waals surface area contributed by atoms with Crippen molar-refractivity contribution in [3.8, 4) is 16.9 Å². The highest BCUT2D eigenvalue weighted by Crippen LogP contribution is 2.28. The van der Waals surface area contributed by atoms with Gasteiger partial charge in [-0.1, -0.05) is 50.2 Å². The van der Waals surface area contributed by atoms with E-state index in [2.05, 4.69) is 4.98 Å². The Balaban J connectivity index is 1.72. The second kappa shape index (κ2) is 13.2. The van der Waals surface area contributed by atoms with Crippen LogP contribution < -0.4 is 9.46 Å². The minimum atomic E-state index is -3.74. The van der Waals surface area contributed by atoms with Gasteiger partial charge in [-0.3, -0.25) is 9.78 Å². The Hall–Kier alpha value is -3.96. The first kappa shape index (κ1) is 29.6. The number of rotatable bonds is 12. The van der Waals surface area contributed by atoms with E-state index < -0.39 is 28.1 Å². The molecule has 3 N–H and O–H groups in total. The molecule has 1 heterocycles. The third-order valence-electron chi connectivity index (χ3n) is 5.77. The van der Waals surface area contributed by atoms with Crippen LogP contribution in [-0.4, -0.2) is 66.5 Å². The number of pyridine rings is 1. The van der Waals surface area contributed by atoms with Crippen LogP contribution in [0.15, 0.2) is 67.0 Å². The minimum Gasteiger partial charge on any atom is -0.492 e. The molecule has 2 amide bonds. The Morgan fingerprint density at radius 3 is 2.36 bits per heavy atom. The lowest BCUT2D eigenvalue weighted by Crippen LogP contribution is -2.35. The van der Waals surface area contributed by atoms with Crippen LogP contribution in [0.2, 0.25) is 0 Å². The van der Waals surface area contributed by atoms with Gasteiger partial charge in [0.25, 0.3) is 5.91 Å². The molecular weight excluding hydrogens is 522 g/mol. The number of nitrogens with zero attached hydrogens (tertiary/aromatic N) is 2. The molecule has 0 spiro atoms. The smallest absolute Gasteiger partial charge is 0.407 e. The number of nitrogens with one attached hydrogen (secondary N) is 1. The van der Waals surface area contributed by atoms with Gasteiger partial charge in [0.2, 0.25) is 10.0 Å². The van der Waals surface area contributed by atoms with Crippen molar-refractivity contribution in [2.75, 3.05) is 26.0 Å². The summed E-state index contributed by atoms with van der Waals surface area (Å²) in [6.45, 7) is 4.39. The number of carbonyl (C=O) groups is 2. The summed E-state index contributed by atoms with van der Waals surface area (Å²) in [5, 5.41) is 20.0. The van der Waals surface area contributed by atoms with Crippen molar-refractivity contribution >= 4 is 22.0 Å². The second-order valence-corrected chi connectivity index (χ2v) is 11.3. The molecule has 0 saturated carbocycles. The monoisotopic (exact) mass is 555 g/mol. The third-order valence-corrected chi connectivity index (χ3v) is 6.32. The molecule has 3 aromatic rings. The zero-order chi connectivity index (χ0) is 28.6. The highest BCUT2D eigenvalue weighted by atomic mass is 32.2. The first-order chi connectivity index (χ1) is 18.4. The number of carboxylic acid groups (broad SMARTS) is 1. The molecule has 1 atom stereocenters. The van der Waals surface area contributed by atoms with Gasteiger partial charge in [-0.25, -0.2) is 17.9 Å². The van der Waals surface area contributed by atoms with Gasteiger partial charge in [0.15, 0.2) is 0 Å². The van der Waals surface area contributed by atoms with E-state index in [0.717, 1.165) is 22.9 Å². The average Bonchev–Trinajstić information content (AvgIpc) is 2.89. The SMILES string of the molecule is CC(C)COc1cc(-c2ccc(CCN(C[C@@H](O)c3cccnc3)C(=O)O)cc2)ccc1C(=O)NS(C)(=O)=O. The zero-order valence-corrected chi connectivity index (χ0v) is 22.9. The van der Waals surface area contributed by atoms with Gasteiger partial charge in [0.05, 0.1) is 31.1 Å². The van der Waals surface area contributed by atoms with Crippen LogP contribution in [0.3, 0.4) is 0 Å². The summed E-state index contributed by atoms with van der Waals surface area (Å²) in [5.74, 6) is -0.305. The van der Waals surface area contributed by atoms with Crippen LogP contribution in [0.5, 0.6) is 5.75 Å². The van der Waals surface area contributed by atoms with Crippen LogP contribution in [0.4, 0.5) is 4.79 Å². The van der Waals surface area contributed by atoms with E-state index in [1.807, 2.05) is 42.8 Å². The Labute approximate surface area is 228 Å². The van der Waals surface area contributed by atoms with Crippen LogP contribution in [0, 0.1) is 5.92 Å². The fourth-order valence-electron chi connectivity index (χ4n) is 3.77. The highest BCUT2D eigenvalue weighted by molar-refractivity contribution is 7.89. The van der Waals surface area contributed by atoms with Crippen molar-refractivity contribution in [2.45, 2.75) is 26.4 Å². The van der Waals surface area contributed by atoms with Crippen molar-refractivity contribution in [1.82, 2.24) is 14.6 Å². The molecule has 208 valence electrons. The van der Waals surface area contributed by atoms with Crippen LogP contribution in [-0.2, 0) is 16.4 Å². The molecular formula is C28H33N3O7S. The van der Waals surface area contributed by atoms with Gasteiger partial charge in [0, 0.05) is 24.5 Å². The van der Waals surface area contributed by atoms with Gasteiger partial charge in [-0.2, -0.15) is 0 Å². The van der Waals surface area contributed by atoms with E-state index >= 15 is 0 Å². The first-order valence-corrected chi connectivity index (χ1v) is 14.3. The van der Waals surface area contributed by atoms with Crippen molar-refractivity contribution < 1.29 is 33.0 Å². The number of carbonyl (C=O) groups excluding carboxylic acids is 1. The number of hydrogen-bond donors (Lipinski definition) is 3. The normalized spacial score (nSPS) is 12.1. The van der Waals surface area contributed by atoms with Crippen LogP contribution in [0.25, 0.3) is 11.1 Å². The summed E-state index contributed by atoms with van der Waals surface area (Å²) in [4.78, 5) is 29.4.